The fraction of sp³-hybridized carbons (Fsp3) is 0.412. The summed E-state index contributed by atoms with van der Waals surface area (Å²) in [7, 11) is 0. The van der Waals surface area contributed by atoms with Crippen molar-refractivity contribution in [3.63, 3.8) is 0 Å². The van der Waals surface area contributed by atoms with Crippen molar-refractivity contribution in [3.8, 4) is 0 Å². The molecule has 3 heteroatoms. The number of benzene rings is 2. The smallest absolute Gasteiger partial charge is 0.0643 e. The predicted octanol–water partition coefficient (Wildman–Crippen LogP) is 3.03. The minimum Gasteiger partial charge on any atom is -0.374 e. The van der Waals surface area contributed by atoms with Gasteiger partial charge in [-0.1, -0.05) is 42.5 Å². The Morgan fingerprint density at radius 1 is 1.10 bits per heavy atom. The first kappa shape index (κ1) is 15.0. The largest absolute Gasteiger partial charge is 0.374 e. The highest BCUT2D eigenvalue weighted by molar-refractivity contribution is 5.85. The lowest BCUT2D eigenvalue weighted by Crippen LogP contribution is -2.42. The van der Waals surface area contributed by atoms with Crippen LogP contribution in [0.15, 0.2) is 42.5 Å². The van der Waals surface area contributed by atoms with Crippen molar-refractivity contribution in [1.82, 2.24) is 5.43 Å². The van der Waals surface area contributed by atoms with Crippen molar-refractivity contribution >= 4 is 10.8 Å². The molecule has 0 aliphatic carbocycles. The van der Waals surface area contributed by atoms with Gasteiger partial charge in [0.25, 0.3) is 0 Å². The third kappa shape index (κ3) is 4.04. The SMILES string of the molecule is CC(C)(C)OCC(Cc1cccc2ccccc12)NN. The van der Waals surface area contributed by atoms with Gasteiger partial charge in [-0.15, -0.1) is 0 Å². The molecule has 0 heterocycles. The number of hydrogen-bond acceptors (Lipinski definition) is 3. The molecule has 2 rings (SSSR count). The summed E-state index contributed by atoms with van der Waals surface area (Å²) in [5.74, 6) is 5.66. The number of nitrogens with two attached hydrogens (primary N) is 1. The van der Waals surface area contributed by atoms with E-state index in [9.17, 15) is 0 Å². The van der Waals surface area contributed by atoms with Crippen LogP contribution in [0, 0.1) is 0 Å². The van der Waals surface area contributed by atoms with E-state index in [1.165, 1.54) is 16.3 Å². The number of hydrogen-bond donors (Lipinski definition) is 2. The van der Waals surface area contributed by atoms with Crippen LogP contribution in [0.25, 0.3) is 10.8 Å². The Labute approximate surface area is 121 Å². The molecule has 0 saturated heterocycles. The second kappa shape index (κ2) is 6.35. The molecule has 0 aliphatic heterocycles. The molecule has 0 aromatic heterocycles. The normalized spacial score (nSPS) is 13.6. The zero-order chi connectivity index (χ0) is 14.6. The lowest BCUT2D eigenvalue weighted by atomic mass is 9.99. The molecule has 1 atom stereocenters. The highest BCUT2D eigenvalue weighted by atomic mass is 16.5. The molecule has 2 aromatic rings. The molecule has 0 radical (unpaired) electrons. The first-order chi connectivity index (χ1) is 9.49. The van der Waals surface area contributed by atoms with E-state index < -0.39 is 0 Å². The van der Waals surface area contributed by atoms with Gasteiger partial charge in [-0.3, -0.25) is 11.3 Å². The third-order valence-electron chi connectivity index (χ3n) is 3.30. The van der Waals surface area contributed by atoms with Crippen molar-refractivity contribution in [2.45, 2.75) is 38.8 Å². The summed E-state index contributed by atoms with van der Waals surface area (Å²) in [6.07, 6.45) is 0.855. The molecular formula is C17H24N2O. The molecule has 3 N–H and O–H groups in total. The maximum atomic E-state index is 5.82. The number of hydrazine groups is 1. The molecule has 0 bridgehead atoms. The quantitative estimate of drug-likeness (QED) is 0.649. The van der Waals surface area contributed by atoms with Gasteiger partial charge in [0, 0.05) is 6.04 Å². The fourth-order valence-corrected chi connectivity index (χ4v) is 2.25. The maximum absolute atomic E-state index is 5.82. The molecule has 20 heavy (non-hydrogen) atoms. The lowest BCUT2D eigenvalue weighted by Gasteiger charge is -2.24. The van der Waals surface area contributed by atoms with Crippen LogP contribution in [0.3, 0.4) is 0 Å². The van der Waals surface area contributed by atoms with Gasteiger partial charge in [-0.05, 0) is 43.5 Å². The van der Waals surface area contributed by atoms with Crippen LogP contribution in [0.5, 0.6) is 0 Å². The zero-order valence-corrected chi connectivity index (χ0v) is 12.5. The van der Waals surface area contributed by atoms with Crippen LogP contribution in [-0.4, -0.2) is 18.2 Å². The summed E-state index contributed by atoms with van der Waals surface area (Å²) in [6.45, 7) is 6.76. The van der Waals surface area contributed by atoms with Crippen molar-refractivity contribution in [3.05, 3.63) is 48.0 Å². The van der Waals surface area contributed by atoms with E-state index in [2.05, 4.69) is 68.7 Å². The monoisotopic (exact) mass is 272 g/mol. The van der Waals surface area contributed by atoms with E-state index in [0.717, 1.165) is 6.42 Å². The predicted molar refractivity (Wildman–Crippen MR) is 84.5 cm³/mol. The number of rotatable bonds is 5. The summed E-state index contributed by atoms with van der Waals surface area (Å²) in [5, 5.41) is 2.54. The molecule has 0 fully saturated rings. The van der Waals surface area contributed by atoms with Gasteiger partial charge in [0.2, 0.25) is 0 Å². The summed E-state index contributed by atoms with van der Waals surface area (Å²) in [6, 6.07) is 14.9. The number of fused-ring (bicyclic) bond motifs is 1. The van der Waals surface area contributed by atoms with E-state index in [-0.39, 0.29) is 11.6 Å². The van der Waals surface area contributed by atoms with E-state index in [1.807, 2.05) is 0 Å². The molecule has 2 aromatic carbocycles. The van der Waals surface area contributed by atoms with Crippen molar-refractivity contribution in [1.29, 1.82) is 0 Å². The molecule has 0 spiro atoms. The topological polar surface area (TPSA) is 47.3 Å². The van der Waals surface area contributed by atoms with Crippen LogP contribution in [-0.2, 0) is 11.2 Å². The Balaban J connectivity index is 2.13. The van der Waals surface area contributed by atoms with Crippen molar-refractivity contribution in [2.75, 3.05) is 6.61 Å². The first-order valence-electron chi connectivity index (χ1n) is 7.06. The van der Waals surface area contributed by atoms with Crippen molar-refractivity contribution in [2.24, 2.45) is 5.84 Å². The summed E-state index contributed by atoms with van der Waals surface area (Å²) < 4.78 is 5.82. The minimum atomic E-state index is -0.145. The van der Waals surface area contributed by atoms with Crippen molar-refractivity contribution < 1.29 is 4.74 Å². The highest BCUT2D eigenvalue weighted by Gasteiger charge is 2.15. The third-order valence-corrected chi connectivity index (χ3v) is 3.30. The summed E-state index contributed by atoms with van der Waals surface area (Å²) in [5.41, 5.74) is 4.01. The Kier molecular flexibility index (Phi) is 4.76. The van der Waals surface area contributed by atoms with Gasteiger partial charge in [-0.25, -0.2) is 0 Å². The molecule has 3 nitrogen and oxygen atoms in total. The highest BCUT2D eigenvalue weighted by Crippen LogP contribution is 2.20. The standard InChI is InChI=1S/C17H24N2O/c1-17(2,3)20-12-15(19-18)11-14-9-6-8-13-7-4-5-10-16(13)14/h4-10,15,19H,11-12,18H2,1-3H3. The molecule has 0 saturated carbocycles. The van der Waals surface area contributed by atoms with Crippen LogP contribution < -0.4 is 11.3 Å². The van der Waals surface area contributed by atoms with Gasteiger partial charge in [0.1, 0.15) is 0 Å². The Bertz CT molecular complexity index is 555. The Morgan fingerprint density at radius 3 is 2.50 bits per heavy atom. The molecule has 0 aliphatic rings. The zero-order valence-electron chi connectivity index (χ0n) is 12.5. The average molecular weight is 272 g/mol. The van der Waals surface area contributed by atoms with E-state index in [4.69, 9.17) is 10.6 Å². The summed E-state index contributed by atoms with van der Waals surface area (Å²) in [4.78, 5) is 0. The second-order valence-corrected chi connectivity index (χ2v) is 6.13. The molecule has 1 unspecified atom stereocenters. The minimum absolute atomic E-state index is 0.111. The van der Waals surface area contributed by atoms with Gasteiger partial charge in [0.15, 0.2) is 0 Å². The van der Waals surface area contributed by atoms with E-state index >= 15 is 0 Å². The van der Waals surface area contributed by atoms with E-state index in [0.29, 0.717) is 6.61 Å². The fourth-order valence-electron chi connectivity index (χ4n) is 2.25. The van der Waals surface area contributed by atoms with E-state index in [1.54, 1.807) is 0 Å². The average Bonchev–Trinajstić information content (AvgIpc) is 2.42. The van der Waals surface area contributed by atoms with Gasteiger partial charge in [-0.2, -0.15) is 0 Å². The summed E-state index contributed by atoms with van der Waals surface area (Å²) >= 11 is 0. The van der Waals surface area contributed by atoms with Crippen LogP contribution in [0.2, 0.25) is 0 Å². The van der Waals surface area contributed by atoms with Crippen LogP contribution in [0.4, 0.5) is 0 Å². The lowest BCUT2D eigenvalue weighted by molar-refractivity contribution is -0.0143. The Hall–Kier alpha value is -1.42. The van der Waals surface area contributed by atoms with Crippen LogP contribution in [0.1, 0.15) is 26.3 Å². The molecule has 0 amide bonds. The Morgan fingerprint density at radius 2 is 1.80 bits per heavy atom. The van der Waals surface area contributed by atoms with Gasteiger partial charge < -0.3 is 4.74 Å². The first-order valence-corrected chi connectivity index (χ1v) is 7.06. The van der Waals surface area contributed by atoms with Crippen LogP contribution >= 0.6 is 0 Å². The van der Waals surface area contributed by atoms with Gasteiger partial charge >= 0.3 is 0 Å². The second-order valence-electron chi connectivity index (χ2n) is 6.13. The molecular weight excluding hydrogens is 248 g/mol. The number of nitrogens with one attached hydrogen (secondary N) is 1. The number of ether oxygens (including phenoxy) is 1. The van der Waals surface area contributed by atoms with Gasteiger partial charge in [0.05, 0.1) is 12.2 Å². The molecule has 108 valence electrons. The maximum Gasteiger partial charge on any atom is 0.0643 e.